The van der Waals surface area contributed by atoms with Crippen LogP contribution in [0.5, 0.6) is 0 Å². The van der Waals surface area contributed by atoms with Gasteiger partial charge in [-0.05, 0) is 38.8 Å². The number of carbonyl (C=O) groups excluding carboxylic acids is 1. The average Bonchev–Trinajstić information content (AvgIpc) is 3.22. The van der Waals surface area contributed by atoms with Gasteiger partial charge in [0.15, 0.2) is 5.13 Å². The highest BCUT2D eigenvalue weighted by molar-refractivity contribution is 8.00. The van der Waals surface area contributed by atoms with E-state index >= 15 is 0 Å². The summed E-state index contributed by atoms with van der Waals surface area (Å²) in [5.41, 5.74) is 0.955. The molecule has 152 valence electrons. The molecule has 1 amide bonds. The number of hydrogen-bond acceptors (Lipinski definition) is 7. The molecule has 2 aromatic rings. The van der Waals surface area contributed by atoms with E-state index in [2.05, 4.69) is 41.0 Å². The Morgan fingerprint density at radius 3 is 2.71 bits per heavy atom. The second-order valence-electron chi connectivity index (χ2n) is 8.68. The van der Waals surface area contributed by atoms with E-state index in [4.69, 9.17) is 4.42 Å². The number of thioether (sulfide) groups is 1. The molecule has 2 fully saturated rings. The number of aromatic nitrogens is 2. The smallest absolute Gasteiger partial charge is 0.229 e. The number of piperidine rings is 1. The third-order valence-electron chi connectivity index (χ3n) is 5.34. The molecule has 0 radical (unpaired) electrons. The molecular weight excluding hydrogens is 392 g/mol. The van der Waals surface area contributed by atoms with Crippen LogP contribution in [0, 0.1) is 5.92 Å². The zero-order valence-corrected chi connectivity index (χ0v) is 18.4. The summed E-state index contributed by atoms with van der Waals surface area (Å²) in [6.45, 7) is 8.46. The van der Waals surface area contributed by atoms with Crippen LogP contribution < -0.4 is 5.32 Å². The Bertz CT molecular complexity index is 814. The SMILES string of the molecule is CC(C)(C)c1coc(CSc2cnc(NC(=O)C3CCN(C4CC4)CC3)s2)n1. The maximum atomic E-state index is 12.6. The number of nitrogens with zero attached hydrogens (tertiary/aromatic N) is 3. The molecule has 1 saturated heterocycles. The van der Waals surface area contributed by atoms with Crippen molar-refractivity contribution in [1.29, 1.82) is 0 Å². The Labute approximate surface area is 174 Å². The summed E-state index contributed by atoms with van der Waals surface area (Å²) >= 11 is 3.15. The van der Waals surface area contributed by atoms with Crippen molar-refractivity contribution >= 4 is 34.1 Å². The topological polar surface area (TPSA) is 71.3 Å². The van der Waals surface area contributed by atoms with Crippen molar-refractivity contribution in [2.75, 3.05) is 18.4 Å². The van der Waals surface area contributed by atoms with E-state index in [-0.39, 0.29) is 17.2 Å². The Kier molecular flexibility index (Phi) is 5.81. The fourth-order valence-corrected chi connectivity index (χ4v) is 5.14. The maximum Gasteiger partial charge on any atom is 0.229 e. The zero-order valence-electron chi connectivity index (χ0n) is 16.7. The first-order valence-electron chi connectivity index (χ1n) is 9.97. The van der Waals surface area contributed by atoms with Gasteiger partial charge >= 0.3 is 0 Å². The molecule has 0 aromatic carbocycles. The van der Waals surface area contributed by atoms with Crippen molar-refractivity contribution < 1.29 is 9.21 Å². The van der Waals surface area contributed by atoms with E-state index in [0.717, 1.165) is 47.8 Å². The number of nitrogens with one attached hydrogen (secondary N) is 1. The second kappa shape index (κ2) is 8.16. The van der Waals surface area contributed by atoms with Crippen LogP contribution in [-0.4, -0.2) is 39.9 Å². The molecule has 0 unspecified atom stereocenters. The number of carbonyl (C=O) groups is 1. The number of hydrogen-bond donors (Lipinski definition) is 1. The molecule has 28 heavy (non-hydrogen) atoms. The average molecular weight is 421 g/mol. The second-order valence-corrected chi connectivity index (χ2v) is 11.0. The number of rotatable bonds is 6. The lowest BCUT2D eigenvalue weighted by atomic mass is 9.93. The van der Waals surface area contributed by atoms with Gasteiger partial charge in [0.05, 0.1) is 21.9 Å². The summed E-state index contributed by atoms with van der Waals surface area (Å²) in [4.78, 5) is 24.0. The largest absolute Gasteiger partial charge is 0.448 e. The molecule has 1 aliphatic carbocycles. The third kappa shape index (κ3) is 4.96. The molecule has 0 spiro atoms. The van der Waals surface area contributed by atoms with Gasteiger partial charge in [0.25, 0.3) is 0 Å². The molecule has 4 rings (SSSR count). The summed E-state index contributed by atoms with van der Waals surface area (Å²) < 4.78 is 6.62. The van der Waals surface area contributed by atoms with Gasteiger partial charge in [-0.15, -0.1) is 11.8 Å². The summed E-state index contributed by atoms with van der Waals surface area (Å²) in [6.07, 6.45) is 8.13. The first-order chi connectivity index (χ1) is 13.4. The maximum absolute atomic E-state index is 12.6. The number of likely N-dealkylation sites (tertiary alicyclic amines) is 1. The van der Waals surface area contributed by atoms with E-state index < -0.39 is 0 Å². The summed E-state index contributed by atoms with van der Waals surface area (Å²) in [6, 6.07) is 0.797. The van der Waals surface area contributed by atoms with Crippen LogP contribution in [0.3, 0.4) is 0 Å². The van der Waals surface area contributed by atoms with Gasteiger partial charge in [0.2, 0.25) is 11.8 Å². The van der Waals surface area contributed by atoms with Gasteiger partial charge < -0.3 is 14.6 Å². The normalized spacial score (nSPS) is 19.1. The third-order valence-corrected chi connectivity index (χ3v) is 7.43. The van der Waals surface area contributed by atoms with Crippen molar-refractivity contribution in [3.8, 4) is 0 Å². The van der Waals surface area contributed by atoms with Crippen molar-refractivity contribution in [1.82, 2.24) is 14.9 Å². The number of thiazole rings is 1. The summed E-state index contributed by atoms with van der Waals surface area (Å²) in [5.74, 6) is 1.60. The molecule has 0 bridgehead atoms. The molecule has 6 nitrogen and oxygen atoms in total. The lowest BCUT2D eigenvalue weighted by molar-refractivity contribution is -0.121. The van der Waals surface area contributed by atoms with Gasteiger partial charge in [0, 0.05) is 17.4 Å². The van der Waals surface area contributed by atoms with Crippen LogP contribution in [0.25, 0.3) is 0 Å². The Balaban J connectivity index is 1.25. The molecule has 3 heterocycles. The van der Waals surface area contributed by atoms with Crippen LogP contribution in [-0.2, 0) is 16.0 Å². The zero-order chi connectivity index (χ0) is 19.7. The minimum absolute atomic E-state index is 0.0108. The van der Waals surface area contributed by atoms with Crippen LogP contribution in [0.4, 0.5) is 5.13 Å². The van der Waals surface area contributed by atoms with E-state index in [9.17, 15) is 4.79 Å². The molecular formula is C20H28N4O2S2. The highest BCUT2D eigenvalue weighted by Gasteiger charge is 2.33. The Hall–Kier alpha value is -1.38. The predicted octanol–water partition coefficient (Wildman–Crippen LogP) is 4.53. The minimum atomic E-state index is -0.0108. The van der Waals surface area contributed by atoms with Crippen LogP contribution in [0.2, 0.25) is 0 Å². The van der Waals surface area contributed by atoms with E-state index in [1.54, 1.807) is 18.0 Å². The lowest BCUT2D eigenvalue weighted by Gasteiger charge is -2.31. The van der Waals surface area contributed by atoms with Gasteiger partial charge in [0.1, 0.15) is 6.26 Å². The molecule has 1 aliphatic heterocycles. The van der Waals surface area contributed by atoms with Gasteiger partial charge in [-0.2, -0.15) is 0 Å². The van der Waals surface area contributed by atoms with Gasteiger partial charge in [-0.25, -0.2) is 9.97 Å². The van der Waals surface area contributed by atoms with Crippen molar-refractivity contribution in [3.63, 3.8) is 0 Å². The molecule has 0 atom stereocenters. The van der Waals surface area contributed by atoms with Crippen LogP contribution >= 0.6 is 23.1 Å². The van der Waals surface area contributed by atoms with Crippen molar-refractivity contribution in [3.05, 3.63) is 24.0 Å². The van der Waals surface area contributed by atoms with E-state index in [0.29, 0.717) is 10.9 Å². The van der Waals surface area contributed by atoms with E-state index in [1.165, 1.54) is 24.2 Å². The highest BCUT2D eigenvalue weighted by atomic mass is 32.2. The Morgan fingerprint density at radius 1 is 1.32 bits per heavy atom. The highest BCUT2D eigenvalue weighted by Crippen LogP contribution is 2.33. The monoisotopic (exact) mass is 420 g/mol. The fraction of sp³-hybridized carbons (Fsp3) is 0.650. The van der Waals surface area contributed by atoms with Crippen LogP contribution in [0.15, 0.2) is 21.1 Å². The first kappa shape index (κ1) is 19.9. The number of oxazole rings is 1. The van der Waals surface area contributed by atoms with Gasteiger partial charge in [-0.1, -0.05) is 32.1 Å². The molecule has 1 saturated carbocycles. The number of anilines is 1. The summed E-state index contributed by atoms with van der Waals surface area (Å²) in [5, 5.41) is 3.69. The standard InChI is InChI=1S/C20H28N4O2S2/c1-20(2,3)15-11-26-16(22-15)12-27-17-10-21-19(28-17)23-18(25)13-6-8-24(9-7-13)14-4-5-14/h10-11,13-14H,4-9,12H2,1-3H3,(H,21,23,25). The lowest BCUT2D eigenvalue weighted by Crippen LogP contribution is -2.39. The fourth-order valence-electron chi connectivity index (χ4n) is 3.41. The summed E-state index contributed by atoms with van der Waals surface area (Å²) in [7, 11) is 0. The number of amides is 1. The molecule has 2 aliphatic rings. The first-order valence-corrected chi connectivity index (χ1v) is 11.8. The van der Waals surface area contributed by atoms with Crippen LogP contribution in [0.1, 0.15) is 58.0 Å². The van der Waals surface area contributed by atoms with Gasteiger partial charge in [-0.3, -0.25) is 4.79 Å². The minimum Gasteiger partial charge on any atom is -0.448 e. The quantitative estimate of drug-likeness (QED) is 0.692. The predicted molar refractivity (Wildman–Crippen MR) is 113 cm³/mol. The molecule has 2 aromatic heterocycles. The molecule has 1 N–H and O–H groups in total. The van der Waals surface area contributed by atoms with Crippen molar-refractivity contribution in [2.24, 2.45) is 5.92 Å². The van der Waals surface area contributed by atoms with E-state index in [1.807, 2.05) is 6.20 Å². The Morgan fingerprint density at radius 2 is 2.07 bits per heavy atom. The molecule has 8 heteroatoms. The van der Waals surface area contributed by atoms with Crippen molar-refractivity contribution in [2.45, 2.75) is 67.9 Å².